The molecule has 1 atom stereocenters. The van der Waals surface area contributed by atoms with Crippen molar-refractivity contribution >= 4 is 23.4 Å². The number of benzene rings is 2. The molecule has 2 aromatic heterocycles. The van der Waals surface area contributed by atoms with Gasteiger partial charge >= 0.3 is 0 Å². The number of anilines is 1. The molecule has 0 aliphatic rings. The minimum atomic E-state index is -3.30. The van der Waals surface area contributed by atoms with Crippen LogP contribution in [0.2, 0.25) is 0 Å². The number of hydrogen-bond donors (Lipinski definition) is 1. The van der Waals surface area contributed by atoms with Gasteiger partial charge in [0.1, 0.15) is 0 Å². The third-order valence-corrected chi connectivity index (χ3v) is 6.16. The van der Waals surface area contributed by atoms with Gasteiger partial charge in [-0.1, -0.05) is 60.3 Å². The summed E-state index contributed by atoms with van der Waals surface area (Å²) in [7, 11) is 0. The third kappa shape index (κ3) is 5.61. The number of halogens is 2. The summed E-state index contributed by atoms with van der Waals surface area (Å²) in [5, 5.41) is 9.48. The topological polar surface area (TPSA) is 72.7 Å². The van der Waals surface area contributed by atoms with Gasteiger partial charge in [0, 0.05) is 30.6 Å². The molecule has 0 radical (unpaired) electrons. The van der Waals surface area contributed by atoms with Gasteiger partial charge in [-0.3, -0.25) is 14.3 Å². The van der Waals surface area contributed by atoms with Crippen molar-refractivity contribution in [1.82, 2.24) is 19.7 Å². The number of hydrogen-bond acceptors (Lipinski definition) is 5. The Bertz CT molecular complexity index is 1200. The van der Waals surface area contributed by atoms with Gasteiger partial charge in [-0.05, 0) is 29.8 Å². The predicted molar refractivity (Wildman–Crippen MR) is 124 cm³/mol. The standard InChI is InChI=1S/C24H21F2N5OS/c1-24(25,26)20(22(32)28-19-12-6-3-7-13-19)33-23-30-29-21(18-11-8-14-27-15-18)31(23)16-17-9-4-2-5-10-17/h2-15,20H,16H2,1H3,(H,28,32). The summed E-state index contributed by atoms with van der Waals surface area (Å²) < 4.78 is 30.9. The first kappa shape index (κ1) is 22.6. The van der Waals surface area contributed by atoms with E-state index in [4.69, 9.17) is 0 Å². The van der Waals surface area contributed by atoms with Gasteiger partial charge in [-0.15, -0.1) is 10.2 Å². The van der Waals surface area contributed by atoms with E-state index in [-0.39, 0.29) is 5.16 Å². The SMILES string of the molecule is CC(F)(F)C(Sc1nnc(-c2cccnc2)n1Cc1ccccc1)C(=O)Nc1ccccc1. The fourth-order valence-electron chi connectivity index (χ4n) is 3.21. The van der Waals surface area contributed by atoms with E-state index < -0.39 is 17.1 Å². The van der Waals surface area contributed by atoms with Gasteiger partial charge < -0.3 is 5.32 Å². The van der Waals surface area contributed by atoms with Crippen molar-refractivity contribution in [2.24, 2.45) is 0 Å². The van der Waals surface area contributed by atoms with Crippen LogP contribution in [0.25, 0.3) is 11.4 Å². The van der Waals surface area contributed by atoms with E-state index >= 15 is 0 Å². The van der Waals surface area contributed by atoms with Crippen LogP contribution in [-0.4, -0.2) is 36.8 Å². The summed E-state index contributed by atoms with van der Waals surface area (Å²) in [4.78, 5) is 17.0. The van der Waals surface area contributed by atoms with Crippen molar-refractivity contribution in [1.29, 1.82) is 0 Å². The Balaban J connectivity index is 1.68. The molecule has 4 rings (SSSR count). The molecule has 1 unspecified atom stereocenters. The number of aromatic nitrogens is 4. The number of amides is 1. The number of nitrogens with zero attached hydrogens (tertiary/aromatic N) is 4. The first-order valence-electron chi connectivity index (χ1n) is 10.2. The number of pyridine rings is 1. The summed E-state index contributed by atoms with van der Waals surface area (Å²) >= 11 is 0.691. The first-order chi connectivity index (χ1) is 15.9. The number of alkyl halides is 2. The molecule has 6 nitrogen and oxygen atoms in total. The summed E-state index contributed by atoms with van der Waals surface area (Å²) in [6.07, 6.45) is 3.27. The van der Waals surface area contributed by atoms with Gasteiger partial charge in [0.15, 0.2) is 16.2 Å². The van der Waals surface area contributed by atoms with E-state index in [1.54, 1.807) is 53.4 Å². The highest BCUT2D eigenvalue weighted by molar-refractivity contribution is 8.00. The van der Waals surface area contributed by atoms with Crippen molar-refractivity contribution in [2.45, 2.75) is 29.8 Å². The second-order valence-corrected chi connectivity index (χ2v) is 8.50. The lowest BCUT2D eigenvalue weighted by atomic mass is 10.2. The molecule has 1 amide bonds. The van der Waals surface area contributed by atoms with E-state index in [0.29, 0.717) is 35.4 Å². The predicted octanol–water partition coefficient (Wildman–Crippen LogP) is 5.14. The summed E-state index contributed by atoms with van der Waals surface area (Å²) in [5.74, 6) is -3.63. The minimum Gasteiger partial charge on any atom is -0.325 e. The lowest BCUT2D eigenvalue weighted by Gasteiger charge is -2.22. The smallest absolute Gasteiger partial charge is 0.266 e. The van der Waals surface area contributed by atoms with Crippen LogP contribution in [0.3, 0.4) is 0 Å². The minimum absolute atomic E-state index is 0.215. The Morgan fingerprint density at radius 3 is 2.36 bits per heavy atom. The number of rotatable bonds is 8. The molecule has 0 spiro atoms. The Morgan fingerprint density at radius 1 is 1.03 bits per heavy atom. The van der Waals surface area contributed by atoms with Gasteiger partial charge in [-0.2, -0.15) is 0 Å². The fraction of sp³-hybridized carbons (Fsp3) is 0.167. The Labute approximate surface area is 194 Å². The number of para-hydroxylation sites is 1. The molecule has 0 saturated carbocycles. The molecule has 4 aromatic rings. The zero-order valence-corrected chi connectivity index (χ0v) is 18.5. The number of carbonyl (C=O) groups excluding carboxylic acids is 1. The highest BCUT2D eigenvalue weighted by Crippen LogP contribution is 2.35. The zero-order valence-electron chi connectivity index (χ0n) is 17.7. The largest absolute Gasteiger partial charge is 0.325 e. The zero-order chi connectivity index (χ0) is 23.3. The molecule has 0 fully saturated rings. The number of nitrogens with one attached hydrogen (secondary N) is 1. The van der Waals surface area contributed by atoms with Crippen molar-refractivity contribution in [2.75, 3.05) is 5.32 Å². The molecular formula is C24H21F2N5OS. The lowest BCUT2D eigenvalue weighted by Crippen LogP contribution is -2.39. The lowest BCUT2D eigenvalue weighted by molar-refractivity contribution is -0.121. The average molecular weight is 466 g/mol. The molecule has 2 aromatic carbocycles. The fourth-order valence-corrected chi connectivity index (χ4v) is 4.16. The van der Waals surface area contributed by atoms with Gasteiger partial charge in [0.25, 0.3) is 5.92 Å². The monoisotopic (exact) mass is 465 g/mol. The maximum absolute atomic E-state index is 14.6. The molecule has 0 aliphatic carbocycles. The highest BCUT2D eigenvalue weighted by atomic mass is 32.2. The summed E-state index contributed by atoms with van der Waals surface area (Å²) in [6.45, 7) is 1.08. The Kier molecular flexibility index (Phi) is 6.79. The van der Waals surface area contributed by atoms with Crippen LogP contribution in [0.1, 0.15) is 12.5 Å². The third-order valence-electron chi connectivity index (χ3n) is 4.78. The average Bonchev–Trinajstić information content (AvgIpc) is 3.20. The molecule has 0 saturated heterocycles. The van der Waals surface area contributed by atoms with E-state index in [1.807, 2.05) is 36.4 Å². The van der Waals surface area contributed by atoms with Gasteiger partial charge in [-0.25, -0.2) is 8.78 Å². The maximum Gasteiger partial charge on any atom is 0.266 e. The molecule has 0 bridgehead atoms. The molecule has 2 heterocycles. The molecule has 1 N–H and O–H groups in total. The van der Waals surface area contributed by atoms with Crippen LogP contribution in [0.15, 0.2) is 90.3 Å². The number of carbonyl (C=O) groups is 1. The first-order valence-corrected chi connectivity index (χ1v) is 11.1. The van der Waals surface area contributed by atoms with E-state index in [2.05, 4.69) is 20.5 Å². The van der Waals surface area contributed by atoms with Crippen LogP contribution in [0.5, 0.6) is 0 Å². The summed E-state index contributed by atoms with van der Waals surface area (Å²) in [6, 6.07) is 21.6. The van der Waals surface area contributed by atoms with Crippen molar-refractivity contribution in [3.8, 4) is 11.4 Å². The Morgan fingerprint density at radius 2 is 1.73 bits per heavy atom. The van der Waals surface area contributed by atoms with E-state index in [9.17, 15) is 13.6 Å². The van der Waals surface area contributed by atoms with Crippen LogP contribution in [-0.2, 0) is 11.3 Å². The van der Waals surface area contributed by atoms with Crippen molar-refractivity contribution in [3.63, 3.8) is 0 Å². The highest BCUT2D eigenvalue weighted by Gasteiger charge is 2.42. The normalized spacial score (nSPS) is 12.3. The number of thioether (sulfide) groups is 1. The van der Waals surface area contributed by atoms with Crippen LogP contribution in [0.4, 0.5) is 14.5 Å². The van der Waals surface area contributed by atoms with Crippen LogP contribution < -0.4 is 5.32 Å². The van der Waals surface area contributed by atoms with E-state index in [1.165, 1.54) is 0 Å². The van der Waals surface area contributed by atoms with Crippen molar-refractivity contribution < 1.29 is 13.6 Å². The quantitative estimate of drug-likeness (QED) is 0.365. The second-order valence-electron chi connectivity index (χ2n) is 7.43. The van der Waals surface area contributed by atoms with Crippen LogP contribution in [0, 0.1) is 0 Å². The van der Waals surface area contributed by atoms with Gasteiger partial charge in [0.05, 0.1) is 6.54 Å². The maximum atomic E-state index is 14.6. The molecule has 0 aliphatic heterocycles. The second kappa shape index (κ2) is 9.91. The van der Waals surface area contributed by atoms with Gasteiger partial charge in [0.2, 0.25) is 5.91 Å². The summed E-state index contributed by atoms with van der Waals surface area (Å²) in [5.41, 5.74) is 2.08. The van der Waals surface area contributed by atoms with E-state index in [0.717, 1.165) is 12.5 Å². The molecule has 168 valence electrons. The van der Waals surface area contributed by atoms with Crippen molar-refractivity contribution in [3.05, 3.63) is 90.8 Å². The Hall–Kier alpha value is -3.59. The van der Waals surface area contributed by atoms with Crippen LogP contribution >= 0.6 is 11.8 Å². The molecular weight excluding hydrogens is 444 g/mol. The molecule has 9 heteroatoms. The molecule has 33 heavy (non-hydrogen) atoms.